The summed E-state index contributed by atoms with van der Waals surface area (Å²) in [6.07, 6.45) is 8.05. The second-order valence-corrected chi connectivity index (χ2v) is 7.07. The Morgan fingerprint density at radius 3 is 2.73 bits per heavy atom. The first kappa shape index (κ1) is 16.8. The molecule has 5 heteroatoms. The lowest BCUT2D eigenvalue weighted by Crippen LogP contribution is -2.36. The van der Waals surface area contributed by atoms with Gasteiger partial charge in [0.05, 0.1) is 0 Å². The Balaban J connectivity index is 1.50. The SMILES string of the molecule is O=C(NC1CCCCC1)c1ccnc(C(=O)N2CCc3ccccc32)c1. The minimum absolute atomic E-state index is 0.116. The largest absolute Gasteiger partial charge is 0.349 e. The molecule has 0 atom stereocenters. The quantitative estimate of drug-likeness (QED) is 0.924. The molecule has 2 heterocycles. The average Bonchev–Trinajstić information content (AvgIpc) is 3.12. The Labute approximate surface area is 153 Å². The lowest BCUT2D eigenvalue weighted by molar-refractivity contribution is 0.0927. The Morgan fingerprint density at radius 1 is 1.08 bits per heavy atom. The van der Waals surface area contributed by atoms with Crippen molar-refractivity contribution < 1.29 is 9.59 Å². The average molecular weight is 349 g/mol. The summed E-state index contributed by atoms with van der Waals surface area (Å²) in [6, 6.07) is 11.5. The fourth-order valence-electron chi connectivity index (χ4n) is 3.89. The first-order chi connectivity index (χ1) is 12.7. The molecule has 2 aromatic rings. The van der Waals surface area contributed by atoms with Crippen molar-refractivity contribution in [2.75, 3.05) is 11.4 Å². The van der Waals surface area contributed by atoms with Gasteiger partial charge in [0.25, 0.3) is 11.8 Å². The zero-order valence-corrected chi connectivity index (χ0v) is 14.8. The number of rotatable bonds is 3. The van der Waals surface area contributed by atoms with E-state index in [4.69, 9.17) is 0 Å². The van der Waals surface area contributed by atoms with E-state index in [2.05, 4.69) is 10.3 Å². The topological polar surface area (TPSA) is 62.3 Å². The number of fused-ring (bicyclic) bond motifs is 1. The Kier molecular flexibility index (Phi) is 4.69. The van der Waals surface area contributed by atoms with Gasteiger partial charge in [-0.05, 0) is 43.0 Å². The van der Waals surface area contributed by atoms with Gasteiger partial charge >= 0.3 is 0 Å². The van der Waals surface area contributed by atoms with Crippen molar-refractivity contribution in [2.45, 2.75) is 44.6 Å². The number of nitrogens with one attached hydrogen (secondary N) is 1. The molecule has 134 valence electrons. The molecule has 1 aromatic heterocycles. The lowest BCUT2D eigenvalue weighted by atomic mass is 9.95. The van der Waals surface area contributed by atoms with Crippen LogP contribution in [0.15, 0.2) is 42.6 Å². The van der Waals surface area contributed by atoms with Crippen LogP contribution in [0, 0.1) is 0 Å². The van der Waals surface area contributed by atoms with Crippen LogP contribution in [-0.2, 0) is 6.42 Å². The zero-order chi connectivity index (χ0) is 17.9. The minimum Gasteiger partial charge on any atom is -0.349 e. The fourth-order valence-corrected chi connectivity index (χ4v) is 3.89. The van der Waals surface area contributed by atoms with Crippen LogP contribution in [0.4, 0.5) is 5.69 Å². The van der Waals surface area contributed by atoms with E-state index in [1.54, 1.807) is 23.2 Å². The predicted molar refractivity (Wildman–Crippen MR) is 100 cm³/mol. The summed E-state index contributed by atoms with van der Waals surface area (Å²) in [6.45, 7) is 0.651. The van der Waals surface area contributed by atoms with E-state index in [9.17, 15) is 9.59 Å². The monoisotopic (exact) mass is 349 g/mol. The van der Waals surface area contributed by atoms with Crippen LogP contribution < -0.4 is 10.2 Å². The van der Waals surface area contributed by atoms with Gasteiger partial charge in [-0.15, -0.1) is 0 Å². The number of pyridine rings is 1. The number of hydrogen-bond donors (Lipinski definition) is 1. The third-order valence-corrected chi connectivity index (χ3v) is 5.31. The van der Waals surface area contributed by atoms with Crippen molar-refractivity contribution in [3.8, 4) is 0 Å². The minimum atomic E-state index is -0.151. The third-order valence-electron chi connectivity index (χ3n) is 5.31. The number of anilines is 1. The molecule has 1 aliphatic heterocycles. The molecule has 2 amide bonds. The van der Waals surface area contributed by atoms with E-state index in [0.29, 0.717) is 17.8 Å². The lowest BCUT2D eigenvalue weighted by Gasteiger charge is -2.23. The first-order valence-corrected chi connectivity index (χ1v) is 9.39. The molecule has 1 saturated carbocycles. The van der Waals surface area contributed by atoms with Gasteiger partial charge in [-0.1, -0.05) is 37.5 Å². The highest BCUT2D eigenvalue weighted by molar-refractivity contribution is 6.07. The number of carbonyl (C=O) groups excluding carboxylic acids is 2. The Bertz CT molecular complexity index is 828. The Hall–Kier alpha value is -2.69. The van der Waals surface area contributed by atoms with Crippen molar-refractivity contribution in [2.24, 2.45) is 0 Å². The summed E-state index contributed by atoms with van der Waals surface area (Å²) in [7, 11) is 0. The smallest absolute Gasteiger partial charge is 0.276 e. The van der Waals surface area contributed by atoms with E-state index >= 15 is 0 Å². The number of para-hydroxylation sites is 1. The highest BCUT2D eigenvalue weighted by Gasteiger charge is 2.26. The number of nitrogens with zero attached hydrogens (tertiary/aromatic N) is 2. The molecule has 0 radical (unpaired) electrons. The van der Waals surface area contributed by atoms with Gasteiger partial charge in [0, 0.05) is 30.0 Å². The molecular formula is C21H23N3O2. The molecule has 0 unspecified atom stereocenters. The van der Waals surface area contributed by atoms with Crippen LogP contribution in [0.25, 0.3) is 0 Å². The third kappa shape index (κ3) is 3.34. The molecular weight excluding hydrogens is 326 g/mol. The zero-order valence-electron chi connectivity index (χ0n) is 14.8. The standard InChI is InChI=1S/C21H23N3O2/c25-20(23-17-7-2-1-3-8-17)16-10-12-22-18(14-16)21(26)24-13-11-15-6-4-5-9-19(15)24/h4-6,9-10,12,14,17H,1-3,7-8,11,13H2,(H,23,25). The second-order valence-electron chi connectivity index (χ2n) is 7.07. The number of amides is 2. The fraction of sp³-hybridized carbons (Fsp3) is 0.381. The molecule has 4 rings (SSSR count). The number of carbonyl (C=O) groups is 2. The van der Waals surface area contributed by atoms with Crippen molar-refractivity contribution in [1.29, 1.82) is 0 Å². The van der Waals surface area contributed by atoms with Gasteiger partial charge in [0.1, 0.15) is 5.69 Å². The summed E-state index contributed by atoms with van der Waals surface area (Å²) in [5.74, 6) is -0.266. The van der Waals surface area contributed by atoms with Gasteiger partial charge in [-0.25, -0.2) is 0 Å². The van der Waals surface area contributed by atoms with Crippen LogP contribution in [0.2, 0.25) is 0 Å². The van der Waals surface area contributed by atoms with Crippen LogP contribution >= 0.6 is 0 Å². The van der Waals surface area contributed by atoms with Crippen molar-refractivity contribution >= 4 is 17.5 Å². The molecule has 1 N–H and O–H groups in total. The maximum Gasteiger partial charge on any atom is 0.276 e. The number of aromatic nitrogens is 1. The highest BCUT2D eigenvalue weighted by atomic mass is 16.2. The molecule has 1 fully saturated rings. The van der Waals surface area contributed by atoms with Crippen LogP contribution in [0.1, 0.15) is 58.5 Å². The maximum absolute atomic E-state index is 12.9. The normalized spacial score (nSPS) is 17.0. The molecule has 5 nitrogen and oxygen atoms in total. The summed E-state index contributed by atoms with van der Waals surface area (Å²) < 4.78 is 0. The van der Waals surface area contributed by atoms with Gasteiger partial charge in [0.15, 0.2) is 0 Å². The molecule has 0 spiro atoms. The number of benzene rings is 1. The van der Waals surface area contributed by atoms with Crippen LogP contribution in [-0.4, -0.2) is 29.4 Å². The van der Waals surface area contributed by atoms with Gasteiger partial charge in [0.2, 0.25) is 0 Å². The molecule has 0 bridgehead atoms. The van der Waals surface area contributed by atoms with E-state index in [-0.39, 0.29) is 17.9 Å². The summed E-state index contributed by atoms with van der Waals surface area (Å²) in [5, 5.41) is 3.09. The van der Waals surface area contributed by atoms with Gasteiger partial charge in [-0.2, -0.15) is 0 Å². The van der Waals surface area contributed by atoms with E-state index in [1.165, 1.54) is 24.8 Å². The molecule has 1 aromatic carbocycles. The van der Waals surface area contributed by atoms with Crippen LogP contribution in [0.5, 0.6) is 0 Å². The maximum atomic E-state index is 12.9. The van der Waals surface area contributed by atoms with E-state index in [0.717, 1.165) is 24.9 Å². The van der Waals surface area contributed by atoms with Crippen molar-refractivity contribution in [3.05, 3.63) is 59.4 Å². The van der Waals surface area contributed by atoms with Gasteiger partial charge in [-0.3, -0.25) is 14.6 Å². The molecule has 2 aliphatic rings. The molecule has 26 heavy (non-hydrogen) atoms. The van der Waals surface area contributed by atoms with Crippen molar-refractivity contribution in [1.82, 2.24) is 10.3 Å². The Morgan fingerprint density at radius 2 is 1.88 bits per heavy atom. The van der Waals surface area contributed by atoms with E-state index < -0.39 is 0 Å². The van der Waals surface area contributed by atoms with Gasteiger partial charge < -0.3 is 10.2 Å². The van der Waals surface area contributed by atoms with E-state index in [1.807, 2.05) is 24.3 Å². The summed E-state index contributed by atoms with van der Waals surface area (Å²) in [4.78, 5) is 31.4. The van der Waals surface area contributed by atoms with Crippen LogP contribution in [0.3, 0.4) is 0 Å². The van der Waals surface area contributed by atoms with Crippen molar-refractivity contribution in [3.63, 3.8) is 0 Å². The molecule has 0 saturated heterocycles. The second kappa shape index (κ2) is 7.28. The first-order valence-electron chi connectivity index (χ1n) is 9.39. The molecule has 1 aliphatic carbocycles. The predicted octanol–water partition coefficient (Wildman–Crippen LogP) is 3.35. The highest BCUT2D eigenvalue weighted by Crippen LogP contribution is 2.28. The number of hydrogen-bond acceptors (Lipinski definition) is 3. The summed E-state index contributed by atoms with van der Waals surface area (Å²) in [5.41, 5.74) is 2.93. The summed E-state index contributed by atoms with van der Waals surface area (Å²) >= 11 is 0.